The molecule has 0 saturated carbocycles. The van der Waals surface area contributed by atoms with Gasteiger partial charge in [0.1, 0.15) is 11.4 Å². The van der Waals surface area contributed by atoms with Gasteiger partial charge in [-0.25, -0.2) is 13.8 Å². The highest BCUT2D eigenvalue weighted by molar-refractivity contribution is 7.99. The number of sulfonamides is 1. The third kappa shape index (κ3) is 4.62. The van der Waals surface area contributed by atoms with Crippen molar-refractivity contribution in [1.29, 1.82) is 0 Å². The summed E-state index contributed by atoms with van der Waals surface area (Å²) < 4.78 is 27.9. The number of carbonyl (C=O) groups excluding carboxylic acids is 2. The van der Waals surface area contributed by atoms with E-state index in [4.69, 9.17) is 12.2 Å². The molecular weight excluding hydrogens is 460 g/mol. The van der Waals surface area contributed by atoms with Gasteiger partial charge in [-0.05, 0) is 31.2 Å². The van der Waals surface area contributed by atoms with Crippen LogP contribution in [0.25, 0.3) is 0 Å². The van der Waals surface area contributed by atoms with Gasteiger partial charge in [0.25, 0.3) is 21.8 Å². The van der Waals surface area contributed by atoms with Crippen LogP contribution in [0.1, 0.15) is 17.5 Å². The molecule has 0 radical (unpaired) electrons. The molecule has 1 aliphatic carbocycles. The molecule has 2 aromatic carbocycles. The highest BCUT2D eigenvalue weighted by Crippen LogP contribution is 2.26. The number of thiocarbonyl (C=S) groups is 1. The van der Waals surface area contributed by atoms with E-state index in [-0.39, 0.29) is 15.5 Å². The van der Waals surface area contributed by atoms with Crippen molar-refractivity contribution in [1.82, 2.24) is 5.43 Å². The predicted octanol–water partition coefficient (Wildman–Crippen LogP) is 2.82. The predicted molar refractivity (Wildman–Crippen MR) is 132 cm³/mol. The Morgan fingerprint density at radius 1 is 1.18 bits per heavy atom. The van der Waals surface area contributed by atoms with Crippen LogP contribution in [0.3, 0.4) is 0 Å². The van der Waals surface area contributed by atoms with Crippen LogP contribution in [-0.2, 0) is 19.6 Å². The SMILES string of the molecule is Cc1ccc(N(CC(=O)N/N=C2\C(=O)Nc3ccccc32)S(=O)(=O)C2=CC=CCC2=S)cc1. The number of nitrogens with zero attached hydrogens (tertiary/aromatic N) is 2. The van der Waals surface area contributed by atoms with Crippen molar-refractivity contribution < 1.29 is 18.0 Å². The summed E-state index contributed by atoms with van der Waals surface area (Å²) in [7, 11) is -4.12. The normalized spacial score (nSPS) is 16.3. The van der Waals surface area contributed by atoms with Crippen molar-refractivity contribution >= 4 is 56.0 Å². The number of hydrogen-bond donors (Lipinski definition) is 2. The Bertz CT molecular complexity index is 1340. The zero-order valence-corrected chi connectivity index (χ0v) is 19.2. The Hall–Kier alpha value is -3.63. The second-order valence-corrected chi connectivity index (χ2v) is 9.75. The van der Waals surface area contributed by atoms with E-state index in [0.717, 1.165) is 9.87 Å². The van der Waals surface area contributed by atoms with Crippen LogP contribution in [-0.4, -0.2) is 37.4 Å². The summed E-state index contributed by atoms with van der Waals surface area (Å²) in [6.45, 7) is 1.33. The first kappa shape index (κ1) is 22.6. The van der Waals surface area contributed by atoms with Gasteiger partial charge in [-0.2, -0.15) is 5.10 Å². The number of carbonyl (C=O) groups is 2. The van der Waals surface area contributed by atoms with Gasteiger partial charge in [0.15, 0.2) is 5.71 Å². The molecule has 0 atom stereocenters. The minimum atomic E-state index is -4.12. The Kier molecular flexibility index (Phi) is 6.21. The van der Waals surface area contributed by atoms with Crippen molar-refractivity contribution in [2.45, 2.75) is 13.3 Å². The van der Waals surface area contributed by atoms with Gasteiger partial charge in [0, 0.05) is 16.8 Å². The zero-order chi connectivity index (χ0) is 23.6. The molecule has 0 spiro atoms. The lowest BCUT2D eigenvalue weighted by atomic mass is 10.1. The van der Waals surface area contributed by atoms with Crippen molar-refractivity contribution in [2.75, 3.05) is 16.2 Å². The Labute approximate surface area is 196 Å². The molecule has 0 aromatic heterocycles. The third-order valence-corrected chi connectivity index (χ3v) is 7.45. The van der Waals surface area contributed by atoms with Crippen LogP contribution in [0.5, 0.6) is 0 Å². The largest absolute Gasteiger partial charge is 0.320 e. The number of hydrazone groups is 1. The van der Waals surface area contributed by atoms with Crippen molar-refractivity contribution in [3.8, 4) is 0 Å². The van der Waals surface area contributed by atoms with Crippen LogP contribution in [0, 0.1) is 6.92 Å². The van der Waals surface area contributed by atoms with E-state index in [9.17, 15) is 18.0 Å². The fourth-order valence-corrected chi connectivity index (χ4v) is 5.42. The van der Waals surface area contributed by atoms with E-state index in [0.29, 0.717) is 23.4 Å². The Morgan fingerprint density at radius 2 is 1.91 bits per heavy atom. The molecule has 4 rings (SSSR count). The maximum atomic E-state index is 13.4. The van der Waals surface area contributed by atoms with Crippen LogP contribution in [0.4, 0.5) is 11.4 Å². The molecular formula is C23H20N4O4S2. The van der Waals surface area contributed by atoms with E-state index >= 15 is 0 Å². The molecule has 1 aliphatic heterocycles. The number of anilines is 2. The lowest BCUT2D eigenvalue weighted by Crippen LogP contribution is -2.41. The standard InChI is InChI=1S/C23H20N4O4S2/c1-15-10-12-16(13-11-15)27(33(30,31)20-9-5-4-8-19(20)32)14-21(28)25-26-22-17-6-2-3-7-18(17)24-23(22)29/h2-7,9-13H,8,14H2,1H3,(H,25,28)(H,24,26,29). The number of fused-ring (bicyclic) bond motifs is 1. The summed E-state index contributed by atoms with van der Waals surface area (Å²) in [5, 5.41) is 6.61. The van der Waals surface area contributed by atoms with Gasteiger partial charge in [-0.1, -0.05) is 60.3 Å². The first-order valence-electron chi connectivity index (χ1n) is 10.0. The molecule has 0 unspecified atom stereocenters. The molecule has 2 aliphatic rings. The van der Waals surface area contributed by atoms with Gasteiger partial charge in [-0.3, -0.25) is 13.9 Å². The lowest BCUT2D eigenvalue weighted by molar-refractivity contribution is -0.119. The average Bonchev–Trinajstić information content (AvgIpc) is 3.11. The zero-order valence-electron chi connectivity index (χ0n) is 17.6. The van der Waals surface area contributed by atoms with E-state index in [1.807, 2.05) is 6.92 Å². The van der Waals surface area contributed by atoms with E-state index in [1.165, 1.54) is 6.08 Å². The molecule has 168 valence electrons. The fraction of sp³-hybridized carbons (Fsp3) is 0.130. The lowest BCUT2D eigenvalue weighted by Gasteiger charge is -2.26. The quantitative estimate of drug-likeness (QED) is 0.488. The number of allylic oxidation sites excluding steroid dienone is 4. The molecule has 33 heavy (non-hydrogen) atoms. The summed E-state index contributed by atoms with van der Waals surface area (Å²) >= 11 is 5.26. The number of aryl methyl sites for hydroxylation is 1. The molecule has 8 nitrogen and oxygen atoms in total. The number of nitrogens with one attached hydrogen (secondary N) is 2. The van der Waals surface area contributed by atoms with Gasteiger partial charge >= 0.3 is 0 Å². The number of amides is 2. The second kappa shape index (κ2) is 9.08. The number of para-hydroxylation sites is 1. The maximum absolute atomic E-state index is 13.4. The van der Waals surface area contributed by atoms with E-state index < -0.39 is 28.4 Å². The molecule has 10 heteroatoms. The maximum Gasteiger partial charge on any atom is 0.276 e. The molecule has 2 N–H and O–H groups in total. The Balaban J connectivity index is 1.62. The monoisotopic (exact) mass is 480 g/mol. The summed E-state index contributed by atoms with van der Waals surface area (Å²) in [5.74, 6) is -1.16. The van der Waals surface area contributed by atoms with Crippen molar-refractivity contribution in [3.63, 3.8) is 0 Å². The second-order valence-electron chi connectivity index (χ2n) is 7.43. The molecule has 1 heterocycles. The van der Waals surface area contributed by atoms with Gasteiger partial charge in [0.05, 0.1) is 11.4 Å². The molecule has 0 bridgehead atoms. The number of benzene rings is 2. The van der Waals surface area contributed by atoms with Crippen LogP contribution in [0.2, 0.25) is 0 Å². The minimum Gasteiger partial charge on any atom is -0.320 e. The smallest absolute Gasteiger partial charge is 0.276 e. The summed E-state index contributed by atoms with van der Waals surface area (Å²) in [5.41, 5.74) is 4.74. The topological polar surface area (TPSA) is 108 Å². The highest BCUT2D eigenvalue weighted by Gasteiger charge is 2.32. The van der Waals surface area contributed by atoms with Crippen LogP contribution >= 0.6 is 12.2 Å². The summed E-state index contributed by atoms with van der Waals surface area (Å²) in [6.07, 6.45) is 5.15. The average molecular weight is 481 g/mol. The van der Waals surface area contributed by atoms with Gasteiger partial charge < -0.3 is 5.32 Å². The first-order valence-corrected chi connectivity index (χ1v) is 11.9. The van der Waals surface area contributed by atoms with E-state index in [1.54, 1.807) is 60.7 Å². The van der Waals surface area contributed by atoms with Crippen molar-refractivity contribution in [3.05, 3.63) is 82.8 Å². The highest BCUT2D eigenvalue weighted by atomic mass is 32.2. The van der Waals surface area contributed by atoms with Crippen LogP contribution in [0.15, 0.2) is 76.8 Å². The molecule has 0 saturated heterocycles. The molecule has 2 aromatic rings. The third-order valence-electron chi connectivity index (χ3n) is 5.08. The van der Waals surface area contributed by atoms with E-state index in [2.05, 4.69) is 15.8 Å². The van der Waals surface area contributed by atoms with Crippen LogP contribution < -0.4 is 15.0 Å². The van der Waals surface area contributed by atoms with Gasteiger partial charge in [0.2, 0.25) is 0 Å². The van der Waals surface area contributed by atoms with Crippen molar-refractivity contribution in [2.24, 2.45) is 5.10 Å². The number of hydrogen-bond acceptors (Lipinski definition) is 6. The molecule has 0 fully saturated rings. The molecule has 2 amide bonds. The first-order chi connectivity index (χ1) is 15.8. The minimum absolute atomic E-state index is 0.0243. The summed E-state index contributed by atoms with van der Waals surface area (Å²) in [4.78, 5) is 25.2. The van der Waals surface area contributed by atoms with Gasteiger partial charge in [-0.15, -0.1) is 0 Å². The fourth-order valence-electron chi connectivity index (χ4n) is 3.40. The summed E-state index contributed by atoms with van der Waals surface area (Å²) in [6, 6.07) is 13.7. The number of rotatable bonds is 6. The Morgan fingerprint density at radius 3 is 2.64 bits per heavy atom.